The fraction of sp³-hybridized carbons (Fsp3) is 0.0625. The minimum absolute atomic E-state index is 0.0727. The van der Waals surface area contributed by atoms with Crippen LogP contribution in [0.15, 0.2) is 47.1 Å². The van der Waals surface area contributed by atoms with Crippen molar-refractivity contribution in [3.8, 4) is 0 Å². The Bertz CT molecular complexity index is 1080. The number of furan rings is 1. The molecule has 1 aromatic carbocycles. The van der Waals surface area contributed by atoms with Crippen molar-refractivity contribution >= 4 is 46.5 Å². The number of carbonyl (C=O) groups excluding carboxylic acids is 2. The predicted molar refractivity (Wildman–Crippen MR) is 103 cm³/mol. The van der Waals surface area contributed by atoms with Crippen LogP contribution in [0.1, 0.15) is 16.3 Å². The minimum atomic E-state index is -0.715. The molecular weight excluding hydrogens is 427 g/mol. The number of hydrazine groups is 1. The Morgan fingerprint density at radius 1 is 1.17 bits per heavy atom. The SMILES string of the molecule is O=C(NNC(=O)c1ccc(Cn2cc([N+](=O)[O-])cn2)o1)Nc1ccc(Cl)c(Cl)c1. The van der Waals surface area contributed by atoms with E-state index >= 15 is 0 Å². The smallest absolute Gasteiger partial charge is 0.337 e. The molecule has 3 amide bonds. The van der Waals surface area contributed by atoms with E-state index in [1.165, 1.54) is 41.2 Å². The van der Waals surface area contributed by atoms with E-state index in [9.17, 15) is 19.7 Å². The zero-order valence-electron chi connectivity index (χ0n) is 14.4. The van der Waals surface area contributed by atoms with Crippen molar-refractivity contribution < 1.29 is 18.9 Å². The number of halogens is 2. The van der Waals surface area contributed by atoms with E-state index in [-0.39, 0.29) is 23.0 Å². The van der Waals surface area contributed by atoms with Crippen LogP contribution in [0.2, 0.25) is 10.0 Å². The van der Waals surface area contributed by atoms with Gasteiger partial charge in [-0.3, -0.25) is 25.0 Å². The number of benzene rings is 1. The molecular formula is C16H12Cl2N6O5. The average molecular weight is 439 g/mol. The molecule has 13 heteroatoms. The van der Waals surface area contributed by atoms with Gasteiger partial charge in [-0.15, -0.1) is 0 Å². The molecule has 0 bridgehead atoms. The fourth-order valence-corrected chi connectivity index (χ4v) is 2.49. The summed E-state index contributed by atoms with van der Waals surface area (Å²) in [7, 11) is 0. The molecule has 0 radical (unpaired) electrons. The van der Waals surface area contributed by atoms with E-state index in [1.54, 1.807) is 0 Å². The number of carbonyl (C=O) groups is 2. The van der Waals surface area contributed by atoms with Gasteiger partial charge >= 0.3 is 17.6 Å². The van der Waals surface area contributed by atoms with Crippen LogP contribution in [-0.4, -0.2) is 26.6 Å². The lowest BCUT2D eigenvalue weighted by Gasteiger charge is -2.08. The number of hydrogen-bond acceptors (Lipinski definition) is 6. The van der Waals surface area contributed by atoms with E-state index in [0.29, 0.717) is 16.5 Å². The molecule has 0 aliphatic carbocycles. The van der Waals surface area contributed by atoms with Gasteiger partial charge in [0, 0.05) is 5.69 Å². The van der Waals surface area contributed by atoms with Crippen LogP contribution >= 0.6 is 23.2 Å². The molecule has 0 aliphatic heterocycles. The molecule has 3 rings (SSSR count). The summed E-state index contributed by atoms with van der Waals surface area (Å²) in [5.74, 6) is -0.433. The molecule has 0 aliphatic rings. The highest BCUT2D eigenvalue weighted by molar-refractivity contribution is 6.42. The van der Waals surface area contributed by atoms with Gasteiger partial charge in [0.25, 0.3) is 0 Å². The molecule has 150 valence electrons. The van der Waals surface area contributed by atoms with Gasteiger partial charge in [0.1, 0.15) is 18.2 Å². The van der Waals surface area contributed by atoms with Gasteiger partial charge in [-0.2, -0.15) is 5.10 Å². The van der Waals surface area contributed by atoms with Gasteiger partial charge in [-0.1, -0.05) is 23.2 Å². The van der Waals surface area contributed by atoms with Crippen LogP contribution in [0, 0.1) is 10.1 Å². The summed E-state index contributed by atoms with van der Waals surface area (Å²) in [5.41, 5.74) is 4.55. The van der Waals surface area contributed by atoms with Crippen LogP contribution in [0.4, 0.5) is 16.2 Å². The molecule has 11 nitrogen and oxygen atoms in total. The van der Waals surface area contributed by atoms with Gasteiger partial charge in [0.05, 0.1) is 21.5 Å². The van der Waals surface area contributed by atoms with Gasteiger partial charge in [0.2, 0.25) is 0 Å². The number of aromatic nitrogens is 2. The van der Waals surface area contributed by atoms with Crippen LogP contribution in [-0.2, 0) is 6.54 Å². The van der Waals surface area contributed by atoms with Gasteiger partial charge in [-0.25, -0.2) is 10.2 Å². The standard InChI is InChI=1S/C16H12Cl2N6O5/c17-12-3-1-9(5-13(12)18)20-16(26)22-21-15(25)14-4-2-11(29-14)8-23-7-10(6-19-23)24(27)28/h1-7H,8H2,(H,21,25)(H2,20,22,26). The maximum Gasteiger partial charge on any atom is 0.337 e. The van der Waals surface area contributed by atoms with Gasteiger partial charge in [-0.05, 0) is 30.3 Å². The monoisotopic (exact) mass is 438 g/mol. The van der Waals surface area contributed by atoms with E-state index < -0.39 is 16.9 Å². The molecule has 0 fully saturated rings. The second-order valence-electron chi connectivity index (χ2n) is 5.58. The van der Waals surface area contributed by atoms with Crippen LogP contribution in [0.5, 0.6) is 0 Å². The zero-order chi connectivity index (χ0) is 21.0. The number of nitrogens with one attached hydrogen (secondary N) is 3. The van der Waals surface area contributed by atoms with E-state index in [2.05, 4.69) is 21.3 Å². The maximum absolute atomic E-state index is 12.1. The van der Waals surface area contributed by atoms with Crippen LogP contribution in [0.25, 0.3) is 0 Å². The highest BCUT2D eigenvalue weighted by Crippen LogP contribution is 2.24. The zero-order valence-corrected chi connectivity index (χ0v) is 15.9. The molecule has 3 N–H and O–H groups in total. The fourth-order valence-electron chi connectivity index (χ4n) is 2.19. The Morgan fingerprint density at radius 3 is 2.66 bits per heavy atom. The van der Waals surface area contributed by atoms with E-state index in [1.807, 2.05) is 0 Å². The Balaban J connectivity index is 1.52. The third-order valence-corrected chi connectivity index (χ3v) is 4.24. The van der Waals surface area contributed by atoms with Crippen molar-refractivity contribution in [2.24, 2.45) is 0 Å². The molecule has 0 saturated heterocycles. The molecule has 2 aromatic heterocycles. The summed E-state index contributed by atoms with van der Waals surface area (Å²) in [6, 6.07) is 6.68. The summed E-state index contributed by atoms with van der Waals surface area (Å²) in [6.07, 6.45) is 2.34. The summed E-state index contributed by atoms with van der Waals surface area (Å²) < 4.78 is 6.65. The number of amides is 3. The lowest BCUT2D eigenvalue weighted by molar-refractivity contribution is -0.385. The van der Waals surface area contributed by atoms with Crippen molar-refractivity contribution in [2.75, 3.05) is 5.32 Å². The lowest BCUT2D eigenvalue weighted by Crippen LogP contribution is -2.43. The van der Waals surface area contributed by atoms with E-state index in [0.717, 1.165) is 6.20 Å². The first-order valence-corrected chi connectivity index (χ1v) is 8.65. The summed E-state index contributed by atoms with van der Waals surface area (Å²) in [6.45, 7) is 0.0896. The first-order valence-electron chi connectivity index (χ1n) is 7.90. The normalized spacial score (nSPS) is 10.4. The Hall–Kier alpha value is -3.57. The third kappa shape index (κ3) is 5.24. The second kappa shape index (κ2) is 8.63. The Kier molecular flexibility index (Phi) is 6.00. The largest absolute Gasteiger partial charge is 0.454 e. The summed E-state index contributed by atoms with van der Waals surface area (Å²) in [5, 5.41) is 17.5. The molecule has 29 heavy (non-hydrogen) atoms. The topological polar surface area (TPSA) is 144 Å². The Morgan fingerprint density at radius 2 is 1.97 bits per heavy atom. The Labute approximate surface area is 172 Å². The van der Waals surface area contributed by atoms with Gasteiger partial charge < -0.3 is 9.73 Å². The van der Waals surface area contributed by atoms with Crippen molar-refractivity contribution in [3.63, 3.8) is 0 Å². The average Bonchev–Trinajstić information content (AvgIpc) is 3.33. The third-order valence-electron chi connectivity index (χ3n) is 3.50. The second-order valence-corrected chi connectivity index (χ2v) is 6.40. The van der Waals surface area contributed by atoms with Crippen molar-refractivity contribution in [3.05, 3.63) is 74.4 Å². The van der Waals surface area contributed by atoms with Crippen LogP contribution < -0.4 is 16.2 Å². The first kappa shape index (κ1) is 20.2. The number of nitrogens with zero attached hydrogens (tertiary/aromatic N) is 3. The van der Waals surface area contributed by atoms with Crippen molar-refractivity contribution in [1.82, 2.24) is 20.6 Å². The molecule has 0 saturated carbocycles. The molecule has 2 heterocycles. The minimum Gasteiger partial charge on any atom is -0.454 e. The summed E-state index contributed by atoms with van der Waals surface area (Å²) >= 11 is 11.6. The number of urea groups is 1. The number of hydrogen-bond donors (Lipinski definition) is 3. The highest BCUT2D eigenvalue weighted by atomic mass is 35.5. The number of rotatable bonds is 5. The lowest BCUT2D eigenvalue weighted by atomic mass is 10.3. The van der Waals surface area contributed by atoms with Crippen LogP contribution in [0.3, 0.4) is 0 Å². The molecule has 0 atom stereocenters. The van der Waals surface area contributed by atoms with E-state index in [4.69, 9.17) is 27.6 Å². The molecule has 3 aromatic rings. The summed E-state index contributed by atoms with van der Waals surface area (Å²) in [4.78, 5) is 34.0. The number of anilines is 1. The van der Waals surface area contributed by atoms with Crippen molar-refractivity contribution in [1.29, 1.82) is 0 Å². The molecule has 0 unspecified atom stereocenters. The molecule has 0 spiro atoms. The number of nitro groups is 1. The first-order chi connectivity index (χ1) is 13.8. The van der Waals surface area contributed by atoms with Crippen molar-refractivity contribution in [2.45, 2.75) is 6.54 Å². The predicted octanol–water partition coefficient (Wildman–Crippen LogP) is 3.21. The van der Waals surface area contributed by atoms with Gasteiger partial charge in [0.15, 0.2) is 5.76 Å². The maximum atomic E-state index is 12.1. The highest BCUT2D eigenvalue weighted by Gasteiger charge is 2.14. The quantitative estimate of drug-likeness (QED) is 0.411.